The van der Waals surface area contributed by atoms with Crippen LogP contribution in [0.3, 0.4) is 0 Å². The van der Waals surface area contributed by atoms with Crippen molar-refractivity contribution >= 4 is 28.7 Å². The molecule has 0 saturated carbocycles. The number of anilines is 1. The summed E-state index contributed by atoms with van der Waals surface area (Å²) in [4.78, 5) is 12.7. The average Bonchev–Trinajstić information content (AvgIpc) is 3.13. The van der Waals surface area contributed by atoms with Gasteiger partial charge in [0.1, 0.15) is 23.4 Å². The minimum atomic E-state index is -0.864. The number of rotatable bonds is 4. The van der Waals surface area contributed by atoms with E-state index in [1.807, 2.05) is 41.8 Å². The van der Waals surface area contributed by atoms with E-state index in [4.69, 9.17) is 4.74 Å². The number of methoxy groups -OCH3 is 1. The van der Waals surface area contributed by atoms with Crippen LogP contribution in [-0.4, -0.2) is 23.9 Å². The fraction of sp³-hybridized carbons (Fsp3) is 0.250. The second-order valence-corrected chi connectivity index (χ2v) is 6.01. The molecule has 114 valence electrons. The molecule has 2 unspecified atom stereocenters. The number of hydrogen-bond donors (Lipinski definition) is 1. The number of carbonyl (C=O) groups is 1. The molecule has 0 spiro atoms. The van der Waals surface area contributed by atoms with Crippen LogP contribution in [0.25, 0.3) is 0 Å². The molecular weight excluding hydrogens is 300 g/mol. The lowest BCUT2D eigenvalue weighted by atomic mass is 9.95. The van der Waals surface area contributed by atoms with Gasteiger partial charge in [0.15, 0.2) is 0 Å². The number of carboxylic acid groups (broad SMARTS) is 1. The first-order chi connectivity index (χ1) is 10.6. The number of thiophene rings is 1. The lowest BCUT2D eigenvalue weighted by Crippen LogP contribution is -2.30. The molecule has 0 saturated heterocycles. The van der Waals surface area contributed by atoms with Crippen LogP contribution in [0.5, 0.6) is 5.75 Å². The predicted octanol–water partition coefficient (Wildman–Crippen LogP) is 3.39. The second-order valence-electron chi connectivity index (χ2n) is 5.03. The Morgan fingerprint density at radius 2 is 2.09 bits per heavy atom. The maximum absolute atomic E-state index is 11.7. The van der Waals surface area contributed by atoms with E-state index in [0.717, 1.165) is 10.6 Å². The topological polar surface area (TPSA) is 62.1 Å². The van der Waals surface area contributed by atoms with Gasteiger partial charge in [0.2, 0.25) is 0 Å². The Balaban J connectivity index is 2.11. The van der Waals surface area contributed by atoms with Crippen molar-refractivity contribution in [3.05, 3.63) is 46.7 Å². The highest BCUT2D eigenvalue weighted by atomic mass is 32.1. The van der Waals surface area contributed by atoms with Crippen molar-refractivity contribution in [2.75, 3.05) is 12.1 Å². The molecule has 1 aliphatic rings. The molecule has 2 heterocycles. The van der Waals surface area contributed by atoms with Crippen molar-refractivity contribution in [3.8, 4) is 5.75 Å². The molecule has 22 heavy (non-hydrogen) atoms. The Labute approximate surface area is 132 Å². The first-order valence-electron chi connectivity index (χ1n) is 6.87. The summed E-state index contributed by atoms with van der Waals surface area (Å²) in [5.41, 5.74) is 1.36. The van der Waals surface area contributed by atoms with Crippen LogP contribution in [-0.2, 0) is 4.79 Å². The van der Waals surface area contributed by atoms with E-state index >= 15 is 0 Å². The van der Waals surface area contributed by atoms with Gasteiger partial charge >= 0.3 is 5.97 Å². The number of para-hydroxylation sites is 2. The van der Waals surface area contributed by atoms with E-state index in [2.05, 4.69) is 5.10 Å². The normalized spacial score (nSPS) is 20.8. The van der Waals surface area contributed by atoms with E-state index in [0.29, 0.717) is 11.5 Å². The van der Waals surface area contributed by atoms with Gasteiger partial charge in [-0.25, -0.2) is 0 Å². The zero-order valence-corrected chi connectivity index (χ0v) is 13.1. The van der Waals surface area contributed by atoms with Crippen molar-refractivity contribution in [1.29, 1.82) is 0 Å². The largest absolute Gasteiger partial charge is 0.495 e. The molecule has 2 aromatic rings. The van der Waals surface area contributed by atoms with E-state index in [-0.39, 0.29) is 6.04 Å². The standard InChI is InChI=1S/C16H16N2O3S/c1-10-14(16(19)20)15(13-8-5-9-22-13)18(17-10)11-6-3-4-7-12(11)21-2/h3-9,14-15H,1-2H3,(H,19,20). The van der Waals surface area contributed by atoms with Gasteiger partial charge < -0.3 is 9.84 Å². The summed E-state index contributed by atoms with van der Waals surface area (Å²) in [7, 11) is 1.60. The molecule has 0 radical (unpaired) electrons. The number of hydrogen-bond acceptors (Lipinski definition) is 5. The van der Waals surface area contributed by atoms with Crippen LogP contribution in [0, 0.1) is 5.92 Å². The van der Waals surface area contributed by atoms with Gasteiger partial charge in [-0.05, 0) is 30.5 Å². The number of carboxylic acids is 1. The minimum absolute atomic E-state index is 0.353. The summed E-state index contributed by atoms with van der Waals surface area (Å²) < 4.78 is 5.40. The average molecular weight is 316 g/mol. The third kappa shape index (κ3) is 2.35. The number of nitrogens with zero attached hydrogens (tertiary/aromatic N) is 2. The number of aliphatic carboxylic acids is 1. The van der Waals surface area contributed by atoms with E-state index in [1.54, 1.807) is 19.0 Å². The highest BCUT2D eigenvalue weighted by molar-refractivity contribution is 7.10. The third-order valence-corrected chi connectivity index (χ3v) is 4.67. The Kier molecular flexibility index (Phi) is 3.85. The van der Waals surface area contributed by atoms with Gasteiger partial charge in [-0.15, -0.1) is 11.3 Å². The Morgan fingerprint density at radius 3 is 2.73 bits per heavy atom. The SMILES string of the molecule is COc1ccccc1N1N=C(C)C(C(=O)O)C1c1cccs1. The van der Waals surface area contributed by atoms with Crippen LogP contribution in [0.4, 0.5) is 5.69 Å². The maximum atomic E-state index is 11.7. The summed E-state index contributed by atoms with van der Waals surface area (Å²) in [5.74, 6) is -0.854. The van der Waals surface area contributed by atoms with Crippen LogP contribution < -0.4 is 9.75 Å². The molecule has 1 N–H and O–H groups in total. The molecule has 0 fully saturated rings. The maximum Gasteiger partial charge on any atom is 0.314 e. The lowest BCUT2D eigenvalue weighted by Gasteiger charge is -2.26. The van der Waals surface area contributed by atoms with Crippen LogP contribution in [0.2, 0.25) is 0 Å². The smallest absolute Gasteiger partial charge is 0.314 e. The lowest BCUT2D eigenvalue weighted by molar-refractivity contribution is -0.139. The summed E-state index contributed by atoms with van der Waals surface area (Å²) in [6.45, 7) is 1.76. The first kappa shape index (κ1) is 14.6. The molecule has 2 atom stereocenters. The van der Waals surface area contributed by atoms with Crippen molar-refractivity contribution in [3.63, 3.8) is 0 Å². The summed E-state index contributed by atoms with van der Waals surface area (Å²) >= 11 is 1.54. The molecule has 0 amide bonds. The van der Waals surface area contributed by atoms with E-state index in [9.17, 15) is 9.90 Å². The summed E-state index contributed by atoms with van der Waals surface area (Å²) in [5, 5.41) is 17.8. The highest BCUT2D eigenvalue weighted by Crippen LogP contribution is 2.43. The predicted molar refractivity (Wildman–Crippen MR) is 86.8 cm³/mol. The molecule has 1 aromatic heterocycles. The van der Waals surface area contributed by atoms with Gasteiger partial charge in [-0.2, -0.15) is 5.10 Å². The van der Waals surface area contributed by atoms with E-state index < -0.39 is 11.9 Å². The summed E-state index contributed by atoms with van der Waals surface area (Å²) in [6, 6.07) is 11.0. The van der Waals surface area contributed by atoms with Crippen molar-refractivity contribution in [1.82, 2.24) is 0 Å². The number of benzene rings is 1. The van der Waals surface area contributed by atoms with Gasteiger partial charge in [0, 0.05) is 4.88 Å². The zero-order chi connectivity index (χ0) is 15.7. The Bertz CT molecular complexity index is 712. The molecule has 1 aliphatic heterocycles. The second kappa shape index (κ2) is 5.81. The van der Waals surface area contributed by atoms with Crippen molar-refractivity contribution < 1.29 is 14.6 Å². The molecule has 6 heteroatoms. The van der Waals surface area contributed by atoms with Crippen LogP contribution >= 0.6 is 11.3 Å². The third-order valence-electron chi connectivity index (χ3n) is 3.73. The quantitative estimate of drug-likeness (QED) is 0.939. The van der Waals surface area contributed by atoms with Gasteiger partial charge in [0.05, 0.1) is 12.8 Å². The van der Waals surface area contributed by atoms with Crippen LogP contribution in [0.15, 0.2) is 46.9 Å². The Morgan fingerprint density at radius 1 is 1.32 bits per heavy atom. The van der Waals surface area contributed by atoms with Crippen LogP contribution in [0.1, 0.15) is 17.8 Å². The number of hydrazone groups is 1. The van der Waals surface area contributed by atoms with Gasteiger partial charge in [-0.3, -0.25) is 9.80 Å². The Hall–Kier alpha value is -2.34. The minimum Gasteiger partial charge on any atom is -0.495 e. The molecule has 1 aromatic carbocycles. The van der Waals surface area contributed by atoms with Crippen molar-refractivity contribution in [2.45, 2.75) is 13.0 Å². The highest BCUT2D eigenvalue weighted by Gasteiger charge is 2.43. The fourth-order valence-electron chi connectivity index (χ4n) is 2.74. The van der Waals surface area contributed by atoms with Gasteiger partial charge in [0.25, 0.3) is 0 Å². The zero-order valence-electron chi connectivity index (χ0n) is 12.3. The van der Waals surface area contributed by atoms with Crippen molar-refractivity contribution in [2.24, 2.45) is 11.0 Å². The molecule has 0 aliphatic carbocycles. The molecular formula is C16H16N2O3S. The number of ether oxygens (including phenoxy) is 1. The van der Waals surface area contributed by atoms with E-state index in [1.165, 1.54) is 11.3 Å². The monoisotopic (exact) mass is 316 g/mol. The van der Waals surface area contributed by atoms with Gasteiger partial charge in [-0.1, -0.05) is 18.2 Å². The fourth-order valence-corrected chi connectivity index (χ4v) is 3.59. The molecule has 5 nitrogen and oxygen atoms in total. The molecule has 0 bridgehead atoms. The summed E-state index contributed by atoms with van der Waals surface area (Å²) in [6.07, 6.45) is 0. The molecule has 3 rings (SSSR count). The first-order valence-corrected chi connectivity index (χ1v) is 7.75.